The van der Waals surface area contributed by atoms with Crippen LogP contribution in [0.3, 0.4) is 0 Å². The molecule has 7 aromatic heterocycles. The summed E-state index contributed by atoms with van der Waals surface area (Å²) in [6.45, 7) is 20.9. The Morgan fingerprint density at radius 2 is 0.622 bits per heavy atom. The van der Waals surface area contributed by atoms with E-state index in [1.54, 1.807) is 0 Å². The molecule has 0 N–H and O–H groups in total. The zero-order valence-electron chi connectivity index (χ0n) is 76.7. The summed E-state index contributed by atoms with van der Waals surface area (Å²) in [5, 5.41) is 0. The normalized spacial score (nSPS) is 13.9. The fraction of sp³-hybridized carbons (Fsp3) is 0.259. The zero-order valence-corrected chi connectivity index (χ0v) is 72.7. The van der Waals surface area contributed by atoms with E-state index in [1.807, 2.05) is 75.6 Å². The van der Waals surface area contributed by atoms with E-state index in [2.05, 4.69) is 390 Å². The number of nitrogens with zero attached hydrogens (tertiary/aromatic N) is 7. The summed E-state index contributed by atoms with van der Waals surface area (Å²) in [6.07, 6.45) is 23.0. The zero-order chi connectivity index (χ0) is 87.2. The molecular weight excluding hydrogens is 1440 g/mol. The number of hydrogen-bond donors (Lipinski definition) is 0. The summed E-state index contributed by atoms with van der Waals surface area (Å²) < 4.78 is 45.2. The van der Waals surface area contributed by atoms with E-state index >= 15 is 0 Å². The lowest BCUT2D eigenvalue weighted by molar-refractivity contribution is -0.660. The van der Waals surface area contributed by atoms with Crippen molar-refractivity contribution in [2.75, 3.05) is 0 Å². The summed E-state index contributed by atoms with van der Waals surface area (Å²) in [5.41, 5.74) is 34.0. The predicted octanol–water partition coefficient (Wildman–Crippen LogP) is 26.0. The Morgan fingerprint density at radius 3 is 0.916 bits per heavy atom. The third-order valence-electron chi connectivity index (χ3n) is 23.2. The van der Waals surface area contributed by atoms with Crippen LogP contribution in [0.25, 0.3) is 112 Å². The van der Waals surface area contributed by atoms with Crippen molar-refractivity contribution >= 4 is 0 Å². The van der Waals surface area contributed by atoms with Gasteiger partial charge in [-0.25, -0.2) is 22.8 Å². The molecule has 7 nitrogen and oxygen atoms in total. The van der Waals surface area contributed by atoms with E-state index in [4.69, 9.17) is 5.48 Å². The van der Waals surface area contributed by atoms with Gasteiger partial charge in [-0.3, -0.25) is 9.97 Å². The summed E-state index contributed by atoms with van der Waals surface area (Å²) in [4.78, 5) is 9.07. The van der Waals surface area contributed by atoms with E-state index in [0.29, 0.717) is 5.92 Å². The molecular formula is C112H122N7+5. The van der Waals surface area contributed by atoms with Gasteiger partial charge in [0.15, 0.2) is 31.0 Å². The maximum atomic E-state index is 8.83. The fourth-order valence-corrected chi connectivity index (χ4v) is 16.1. The minimum Gasteiger partial charge on any atom is -0.256 e. The van der Waals surface area contributed by atoms with Crippen molar-refractivity contribution < 1.29 is 28.3 Å². The lowest BCUT2D eigenvalue weighted by Crippen LogP contribution is -2.30. The number of aryl methyl sites for hydroxylation is 10. The molecule has 0 unspecified atom stereocenters. The van der Waals surface area contributed by atoms with Crippen molar-refractivity contribution in [1.82, 2.24) is 9.97 Å². The highest BCUT2D eigenvalue weighted by atomic mass is 14.9. The highest BCUT2D eigenvalue weighted by molar-refractivity contribution is 5.75. The minimum absolute atomic E-state index is 0.367. The van der Waals surface area contributed by atoms with Crippen molar-refractivity contribution in [3.05, 3.63) is 379 Å². The molecule has 2 fully saturated rings. The van der Waals surface area contributed by atoms with E-state index in [1.165, 1.54) is 155 Å². The van der Waals surface area contributed by atoms with Crippen molar-refractivity contribution in [2.24, 2.45) is 40.7 Å². The Bertz CT molecular complexity index is 6100. The lowest BCUT2D eigenvalue weighted by atomic mass is 9.84. The first-order valence-electron chi connectivity index (χ1n) is 44.6. The molecule has 0 saturated heterocycles. The first-order valence-corrected chi connectivity index (χ1v) is 42.6. The SMILES string of the molecule is Cc1ccccc1-c1cc(-c2ccc(C(C)C)cn2)cc[n+]1C.Cc1ccccc1-c1cc(-c2ccccn2)cc[n+]1C.[2H]C([2H])(c1ccc(-c2cc[n+](C)c(-c3ccccc3C)c2)cc1)C(C)(C)C.[2H]C1(c2ccc(-c3cc[n+](C)c(-c4ccccc4C)c3)cc2)CCCC1.[2H]C1(c2ccc(-c3cc[n+](C)c(-c4ccccc4C)c3)cc2)CCCCC1. The topological polar surface area (TPSA) is 45.2 Å². The van der Waals surface area contributed by atoms with Gasteiger partial charge in [-0.05, 0) is 222 Å². The Kier molecular flexibility index (Phi) is 26.5. The van der Waals surface area contributed by atoms with Crippen LogP contribution in [0.15, 0.2) is 328 Å². The first kappa shape index (κ1) is 79.3. The largest absolute Gasteiger partial charge is 0.256 e. The molecule has 0 atom stereocenters. The van der Waals surface area contributed by atoms with Gasteiger partial charge < -0.3 is 0 Å². The van der Waals surface area contributed by atoms with Crippen LogP contribution in [0.2, 0.25) is 0 Å². The molecule has 7 heterocycles. The number of aromatic nitrogens is 7. The Balaban J connectivity index is 0.000000133. The second kappa shape index (κ2) is 39.8. The molecule has 7 heteroatoms. The van der Waals surface area contributed by atoms with Gasteiger partial charge in [-0.1, -0.05) is 243 Å². The molecule has 2 aliphatic rings. The van der Waals surface area contributed by atoms with Crippen LogP contribution in [-0.2, 0) is 41.6 Å². The molecule has 0 aliphatic heterocycles. The van der Waals surface area contributed by atoms with Gasteiger partial charge in [0.2, 0.25) is 28.5 Å². The lowest BCUT2D eigenvalue weighted by Gasteiger charge is -2.22. The van der Waals surface area contributed by atoms with Gasteiger partial charge in [-0.15, -0.1) is 0 Å². The first-order chi connectivity index (χ1) is 59.1. The Morgan fingerprint density at radius 1 is 0.328 bits per heavy atom. The van der Waals surface area contributed by atoms with Gasteiger partial charge in [0.1, 0.15) is 35.2 Å². The van der Waals surface area contributed by atoms with Gasteiger partial charge in [0, 0.05) is 117 Å². The molecule has 17 rings (SSSR count). The van der Waals surface area contributed by atoms with Gasteiger partial charge >= 0.3 is 0 Å². The second-order valence-electron chi connectivity index (χ2n) is 33.6. The molecule has 8 aromatic carbocycles. The van der Waals surface area contributed by atoms with Crippen molar-refractivity contribution in [3.8, 4) is 112 Å². The highest BCUT2D eigenvalue weighted by Crippen LogP contribution is 2.38. The average molecular weight is 1570 g/mol. The third-order valence-corrected chi connectivity index (χ3v) is 23.2. The number of hydrogen-bond acceptors (Lipinski definition) is 2. The maximum Gasteiger partial charge on any atom is 0.213 e. The maximum absolute atomic E-state index is 8.83. The predicted molar refractivity (Wildman–Crippen MR) is 496 cm³/mol. The molecule has 2 saturated carbocycles. The van der Waals surface area contributed by atoms with Crippen molar-refractivity contribution in [1.29, 1.82) is 0 Å². The molecule has 0 bridgehead atoms. The van der Waals surface area contributed by atoms with Crippen LogP contribution in [-0.4, -0.2) is 9.97 Å². The highest BCUT2D eigenvalue weighted by Gasteiger charge is 2.23. The Hall–Kier alpha value is -12.2. The number of benzene rings is 8. The molecule has 0 amide bonds. The van der Waals surface area contributed by atoms with E-state index in [-0.39, 0.29) is 11.8 Å². The fourth-order valence-electron chi connectivity index (χ4n) is 16.1. The van der Waals surface area contributed by atoms with Crippen LogP contribution in [0.5, 0.6) is 0 Å². The second-order valence-corrected chi connectivity index (χ2v) is 33.6. The van der Waals surface area contributed by atoms with Crippen LogP contribution in [0.1, 0.15) is 166 Å². The third kappa shape index (κ3) is 22.0. The summed E-state index contributed by atoms with van der Waals surface area (Å²) in [6, 6.07) is 99.8. The van der Waals surface area contributed by atoms with Crippen LogP contribution >= 0.6 is 0 Å². The molecule has 119 heavy (non-hydrogen) atoms. The van der Waals surface area contributed by atoms with Gasteiger partial charge in [0.25, 0.3) is 0 Å². The van der Waals surface area contributed by atoms with Crippen molar-refractivity contribution in [2.45, 2.75) is 151 Å². The van der Waals surface area contributed by atoms with Gasteiger partial charge in [-0.2, -0.15) is 0 Å². The Labute approximate surface area is 716 Å². The van der Waals surface area contributed by atoms with Gasteiger partial charge in [0.05, 0.1) is 11.4 Å². The van der Waals surface area contributed by atoms with Crippen molar-refractivity contribution in [3.63, 3.8) is 0 Å². The molecule has 0 radical (unpaired) electrons. The van der Waals surface area contributed by atoms with Crippen LogP contribution in [0, 0.1) is 40.0 Å². The summed E-state index contributed by atoms with van der Waals surface area (Å²) >= 11 is 0. The molecule has 2 aliphatic carbocycles. The molecule has 600 valence electrons. The van der Waals surface area contributed by atoms with Crippen LogP contribution < -0.4 is 22.8 Å². The summed E-state index contributed by atoms with van der Waals surface area (Å²) in [7, 11) is 10.4. The quantitative estimate of drug-likeness (QED) is 0.102. The smallest absolute Gasteiger partial charge is 0.213 e. The monoisotopic (exact) mass is 1570 g/mol. The number of pyridine rings is 7. The van der Waals surface area contributed by atoms with Crippen LogP contribution in [0.4, 0.5) is 0 Å². The number of rotatable bonds is 14. The summed E-state index contributed by atoms with van der Waals surface area (Å²) in [5.74, 6) is -0.243. The van der Waals surface area contributed by atoms with E-state index in [9.17, 15) is 0 Å². The standard InChI is InChI=1S/C25H28N.C24H26N.C24H28N.C21H23N2.C18H17N2/c1-19-8-6-7-11-24(19)25-18-23(16-17-26(25)2)22-14-12-21(13-15-22)20-9-4-3-5-10-20;1-18-7-3-6-10-23(18)24-17-22(15-16-25(24)2)21-13-11-20(12-14-21)19-8-4-5-9-19;1-18-8-6-7-9-22(18)23-16-21(14-15-25(23)5)20-12-10-19(11-13-20)17-24(2,3)4;1-15(2)18-9-10-20(22-14-18)17-11-12-23(4)21(13-17)19-8-6-5-7-16(19)3;1-14-7-3-4-8-16(14)18-13-15(10-12-20(18)2)17-9-5-6-11-19-17/h6-8,11-18,20H,3-5,9-10H2,1-2H3;3,6-7,10-17,19H,4-5,8-9H2,1-2H3;6-16H,17H2,1-5H3;5-15H,1-4H3;3-13H,1-2H3/q5*+1/i20D;19D;17D2;;. The van der Waals surface area contributed by atoms with E-state index < -0.39 is 11.8 Å². The average Bonchev–Trinajstić information content (AvgIpc) is 1.44. The minimum atomic E-state index is -1.37. The molecule has 15 aromatic rings. The molecule has 0 spiro atoms. The van der Waals surface area contributed by atoms with E-state index in [0.717, 1.165) is 64.9 Å².